The van der Waals surface area contributed by atoms with Crippen LogP contribution in [0, 0.1) is 0 Å². The summed E-state index contributed by atoms with van der Waals surface area (Å²) in [7, 11) is 0. The number of rotatable bonds is 0. The summed E-state index contributed by atoms with van der Waals surface area (Å²) in [5, 5.41) is 8.95. The van der Waals surface area contributed by atoms with Gasteiger partial charge in [0.1, 0.15) is 5.76 Å². The standard InChI is InChI=1S/C8H6O2/c9-7-1-5-2-8(10)4-6(5)3-7/h1-3,9H,4H2. The molecule has 2 aliphatic carbocycles. The fraction of sp³-hybridized carbons (Fsp3) is 0.125. The normalized spacial score (nSPS) is 22.0. The highest BCUT2D eigenvalue weighted by Crippen LogP contribution is 2.29. The SMILES string of the molecule is O=C1C=C2C=C(O)C=C2C1. The number of aliphatic hydroxyl groups excluding tert-OH is 1. The molecule has 1 N–H and O–H groups in total. The van der Waals surface area contributed by atoms with Gasteiger partial charge in [0.25, 0.3) is 0 Å². The summed E-state index contributed by atoms with van der Waals surface area (Å²) >= 11 is 0. The molecule has 0 bridgehead atoms. The van der Waals surface area contributed by atoms with Gasteiger partial charge in [-0.25, -0.2) is 0 Å². The van der Waals surface area contributed by atoms with E-state index >= 15 is 0 Å². The average molecular weight is 134 g/mol. The van der Waals surface area contributed by atoms with Crippen molar-refractivity contribution < 1.29 is 9.90 Å². The molecule has 0 saturated carbocycles. The van der Waals surface area contributed by atoms with Gasteiger partial charge < -0.3 is 5.11 Å². The molecule has 0 spiro atoms. The van der Waals surface area contributed by atoms with Crippen LogP contribution in [-0.2, 0) is 4.79 Å². The molecule has 0 fully saturated rings. The molecule has 0 aromatic heterocycles. The molecule has 0 radical (unpaired) electrons. The zero-order chi connectivity index (χ0) is 7.14. The first-order valence-corrected chi connectivity index (χ1v) is 3.12. The van der Waals surface area contributed by atoms with E-state index in [1.807, 2.05) is 0 Å². The summed E-state index contributed by atoms with van der Waals surface area (Å²) in [6.45, 7) is 0. The number of allylic oxidation sites excluding steroid dienone is 5. The van der Waals surface area contributed by atoms with Crippen LogP contribution in [0.1, 0.15) is 6.42 Å². The first kappa shape index (κ1) is 5.47. The number of fused-ring (bicyclic) bond motifs is 1. The largest absolute Gasteiger partial charge is 0.508 e. The van der Waals surface area contributed by atoms with E-state index in [-0.39, 0.29) is 11.5 Å². The maximum absolute atomic E-state index is 10.7. The lowest BCUT2D eigenvalue weighted by Crippen LogP contribution is -1.83. The molecule has 2 rings (SSSR count). The molecule has 50 valence electrons. The Balaban J connectivity index is 2.48. The second kappa shape index (κ2) is 1.59. The number of ketones is 1. The van der Waals surface area contributed by atoms with Crippen molar-refractivity contribution in [3.05, 3.63) is 35.1 Å². The molecular formula is C8H6O2. The van der Waals surface area contributed by atoms with Crippen LogP contribution < -0.4 is 0 Å². The lowest BCUT2D eigenvalue weighted by atomic mass is 10.2. The van der Waals surface area contributed by atoms with Gasteiger partial charge in [-0.2, -0.15) is 0 Å². The van der Waals surface area contributed by atoms with Gasteiger partial charge in [-0.05, 0) is 29.4 Å². The van der Waals surface area contributed by atoms with Crippen LogP contribution in [0.5, 0.6) is 0 Å². The van der Waals surface area contributed by atoms with E-state index in [1.54, 1.807) is 18.2 Å². The van der Waals surface area contributed by atoms with E-state index in [9.17, 15) is 4.79 Å². The molecule has 0 unspecified atom stereocenters. The van der Waals surface area contributed by atoms with Crippen LogP contribution in [0.25, 0.3) is 0 Å². The zero-order valence-electron chi connectivity index (χ0n) is 5.29. The van der Waals surface area contributed by atoms with Crippen molar-refractivity contribution in [1.29, 1.82) is 0 Å². The Morgan fingerprint density at radius 1 is 1.30 bits per heavy atom. The first-order valence-electron chi connectivity index (χ1n) is 3.12. The minimum atomic E-state index is 0.130. The molecule has 2 heteroatoms. The Bertz CT molecular complexity index is 292. The molecule has 0 amide bonds. The zero-order valence-corrected chi connectivity index (χ0v) is 5.29. The molecule has 0 aromatic rings. The molecule has 2 aliphatic rings. The lowest BCUT2D eigenvalue weighted by molar-refractivity contribution is -0.113. The Labute approximate surface area is 58.2 Å². The second-order valence-corrected chi connectivity index (χ2v) is 2.48. The highest BCUT2D eigenvalue weighted by molar-refractivity contribution is 5.99. The first-order chi connectivity index (χ1) is 4.75. The molecule has 10 heavy (non-hydrogen) atoms. The fourth-order valence-electron chi connectivity index (χ4n) is 1.26. The number of carbonyl (C=O) groups is 1. The van der Waals surface area contributed by atoms with E-state index in [4.69, 9.17) is 5.11 Å². The van der Waals surface area contributed by atoms with Crippen molar-refractivity contribution in [2.24, 2.45) is 0 Å². The highest BCUT2D eigenvalue weighted by Gasteiger charge is 2.20. The summed E-state index contributed by atoms with van der Waals surface area (Å²) in [4.78, 5) is 10.7. The third-order valence-corrected chi connectivity index (χ3v) is 1.68. The summed E-state index contributed by atoms with van der Waals surface area (Å²) in [5.74, 6) is 0.388. The average Bonchev–Trinajstić information content (AvgIpc) is 2.21. The Morgan fingerprint density at radius 3 is 2.80 bits per heavy atom. The summed E-state index contributed by atoms with van der Waals surface area (Å²) in [6, 6.07) is 0. The molecule has 2 nitrogen and oxygen atoms in total. The summed E-state index contributed by atoms with van der Waals surface area (Å²) in [6.07, 6.45) is 5.27. The van der Waals surface area contributed by atoms with Gasteiger partial charge in [-0.3, -0.25) is 4.79 Å². The van der Waals surface area contributed by atoms with Gasteiger partial charge in [-0.1, -0.05) is 0 Å². The van der Waals surface area contributed by atoms with Crippen LogP contribution in [0.4, 0.5) is 0 Å². The Kier molecular flexibility index (Phi) is 0.873. The van der Waals surface area contributed by atoms with E-state index in [1.165, 1.54) is 0 Å². The molecule has 0 aliphatic heterocycles. The van der Waals surface area contributed by atoms with Crippen LogP contribution in [0.3, 0.4) is 0 Å². The van der Waals surface area contributed by atoms with E-state index < -0.39 is 0 Å². The predicted octanol–water partition coefficient (Wildman–Crippen LogP) is 1.27. The van der Waals surface area contributed by atoms with Gasteiger partial charge in [0.15, 0.2) is 5.78 Å². The van der Waals surface area contributed by atoms with Crippen LogP contribution in [-0.4, -0.2) is 10.9 Å². The van der Waals surface area contributed by atoms with Gasteiger partial charge in [0.05, 0.1) is 0 Å². The second-order valence-electron chi connectivity index (χ2n) is 2.48. The van der Waals surface area contributed by atoms with Gasteiger partial charge in [-0.15, -0.1) is 0 Å². The van der Waals surface area contributed by atoms with Gasteiger partial charge >= 0.3 is 0 Å². The number of carbonyl (C=O) groups excluding carboxylic acids is 1. The molecule has 0 heterocycles. The van der Waals surface area contributed by atoms with Crippen molar-refractivity contribution in [1.82, 2.24) is 0 Å². The maximum atomic E-state index is 10.7. The van der Waals surface area contributed by atoms with Crippen molar-refractivity contribution in [2.45, 2.75) is 6.42 Å². The third-order valence-electron chi connectivity index (χ3n) is 1.68. The lowest BCUT2D eigenvalue weighted by Gasteiger charge is -1.86. The molecule has 0 aromatic carbocycles. The smallest absolute Gasteiger partial charge is 0.160 e. The predicted molar refractivity (Wildman–Crippen MR) is 36.5 cm³/mol. The highest BCUT2D eigenvalue weighted by atomic mass is 16.3. The number of aliphatic hydroxyl groups is 1. The Morgan fingerprint density at radius 2 is 2.10 bits per heavy atom. The van der Waals surface area contributed by atoms with Gasteiger partial charge in [0, 0.05) is 6.42 Å². The fourth-order valence-corrected chi connectivity index (χ4v) is 1.26. The van der Waals surface area contributed by atoms with Crippen molar-refractivity contribution in [3.8, 4) is 0 Å². The van der Waals surface area contributed by atoms with Crippen LogP contribution >= 0.6 is 0 Å². The maximum Gasteiger partial charge on any atom is 0.160 e. The quantitative estimate of drug-likeness (QED) is 0.541. The Hall–Kier alpha value is -1.31. The number of hydrogen-bond donors (Lipinski definition) is 1. The van der Waals surface area contributed by atoms with E-state index in [0.717, 1.165) is 11.1 Å². The minimum Gasteiger partial charge on any atom is -0.508 e. The van der Waals surface area contributed by atoms with Gasteiger partial charge in [0.2, 0.25) is 0 Å². The van der Waals surface area contributed by atoms with Crippen LogP contribution in [0.15, 0.2) is 35.1 Å². The monoisotopic (exact) mass is 134 g/mol. The summed E-state index contributed by atoms with van der Waals surface area (Å²) in [5.41, 5.74) is 1.82. The number of hydrogen-bond acceptors (Lipinski definition) is 2. The van der Waals surface area contributed by atoms with Crippen LogP contribution in [0.2, 0.25) is 0 Å². The van der Waals surface area contributed by atoms with Crippen molar-refractivity contribution >= 4 is 5.78 Å². The molecular weight excluding hydrogens is 128 g/mol. The minimum absolute atomic E-state index is 0.130. The topological polar surface area (TPSA) is 37.3 Å². The molecule has 0 atom stereocenters. The van der Waals surface area contributed by atoms with Crippen molar-refractivity contribution in [3.63, 3.8) is 0 Å². The summed E-state index contributed by atoms with van der Waals surface area (Å²) < 4.78 is 0. The van der Waals surface area contributed by atoms with E-state index in [0.29, 0.717) is 6.42 Å². The van der Waals surface area contributed by atoms with E-state index in [2.05, 4.69) is 0 Å². The molecule has 0 saturated heterocycles. The third kappa shape index (κ3) is 0.620. The van der Waals surface area contributed by atoms with Crippen molar-refractivity contribution in [2.75, 3.05) is 0 Å².